The molecular formula is C10H12FNO. The summed E-state index contributed by atoms with van der Waals surface area (Å²) in [7, 11) is 0. The van der Waals surface area contributed by atoms with Gasteiger partial charge in [-0.2, -0.15) is 0 Å². The minimum atomic E-state index is -0.477. The van der Waals surface area contributed by atoms with Crippen LogP contribution in [0.4, 0.5) is 4.39 Å². The summed E-state index contributed by atoms with van der Waals surface area (Å²) in [5.41, 5.74) is 6.06. The van der Waals surface area contributed by atoms with Gasteiger partial charge in [0.05, 0.1) is 0 Å². The molecule has 0 fully saturated rings. The quantitative estimate of drug-likeness (QED) is 0.701. The Kier molecular flexibility index (Phi) is 3.03. The van der Waals surface area contributed by atoms with E-state index in [9.17, 15) is 4.39 Å². The van der Waals surface area contributed by atoms with E-state index in [1.165, 1.54) is 12.1 Å². The van der Waals surface area contributed by atoms with Gasteiger partial charge < -0.3 is 10.8 Å². The largest absolute Gasteiger partial charge is 0.508 e. The van der Waals surface area contributed by atoms with Crippen LogP contribution in [0.3, 0.4) is 0 Å². The summed E-state index contributed by atoms with van der Waals surface area (Å²) < 4.78 is 13.1. The standard InChI is InChI=1S/C10H12FNO/c1-2-3-10(12)8-5-4-7(13)6-9(8)11/h2,4-6,10,13H,1,3,12H2/t10-/m0/s1. The number of nitrogens with two attached hydrogens (primary N) is 1. The molecule has 1 aromatic carbocycles. The average Bonchev–Trinajstić information content (AvgIpc) is 2.04. The molecule has 1 atom stereocenters. The van der Waals surface area contributed by atoms with Gasteiger partial charge in [0.15, 0.2) is 0 Å². The minimum Gasteiger partial charge on any atom is -0.508 e. The number of rotatable bonds is 3. The van der Waals surface area contributed by atoms with Crippen LogP contribution in [-0.2, 0) is 0 Å². The Labute approximate surface area is 76.5 Å². The fourth-order valence-electron chi connectivity index (χ4n) is 1.12. The maximum atomic E-state index is 13.1. The van der Waals surface area contributed by atoms with Crippen LogP contribution < -0.4 is 5.73 Å². The first-order valence-electron chi connectivity index (χ1n) is 4.00. The average molecular weight is 181 g/mol. The minimum absolute atomic E-state index is 0.0907. The second kappa shape index (κ2) is 4.05. The maximum absolute atomic E-state index is 13.1. The van der Waals surface area contributed by atoms with Crippen molar-refractivity contribution in [2.24, 2.45) is 5.73 Å². The molecule has 0 amide bonds. The van der Waals surface area contributed by atoms with E-state index in [2.05, 4.69) is 6.58 Å². The lowest BCUT2D eigenvalue weighted by atomic mass is 10.0. The van der Waals surface area contributed by atoms with Crippen LogP contribution in [0.25, 0.3) is 0 Å². The maximum Gasteiger partial charge on any atom is 0.131 e. The number of halogens is 1. The zero-order valence-electron chi connectivity index (χ0n) is 7.20. The topological polar surface area (TPSA) is 46.2 Å². The van der Waals surface area contributed by atoms with Gasteiger partial charge >= 0.3 is 0 Å². The Balaban J connectivity index is 2.94. The van der Waals surface area contributed by atoms with Crippen molar-refractivity contribution in [1.29, 1.82) is 0 Å². The van der Waals surface area contributed by atoms with Gasteiger partial charge in [-0.1, -0.05) is 12.1 Å². The number of hydrogen-bond donors (Lipinski definition) is 2. The van der Waals surface area contributed by atoms with Crippen LogP contribution >= 0.6 is 0 Å². The van der Waals surface area contributed by atoms with Crippen molar-refractivity contribution in [2.45, 2.75) is 12.5 Å². The Morgan fingerprint density at radius 2 is 2.31 bits per heavy atom. The van der Waals surface area contributed by atoms with E-state index < -0.39 is 11.9 Å². The number of hydrogen-bond acceptors (Lipinski definition) is 2. The lowest BCUT2D eigenvalue weighted by Crippen LogP contribution is -2.10. The van der Waals surface area contributed by atoms with Crippen molar-refractivity contribution in [3.05, 3.63) is 42.2 Å². The number of phenolic OH excluding ortho intramolecular Hbond substituents is 1. The Morgan fingerprint density at radius 1 is 1.62 bits per heavy atom. The molecule has 70 valence electrons. The second-order valence-electron chi connectivity index (χ2n) is 2.84. The summed E-state index contributed by atoms with van der Waals surface area (Å²) in [6.45, 7) is 3.52. The van der Waals surface area contributed by atoms with Gasteiger partial charge in [-0.05, 0) is 12.5 Å². The highest BCUT2D eigenvalue weighted by atomic mass is 19.1. The van der Waals surface area contributed by atoms with Gasteiger partial charge in [0, 0.05) is 17.7 Å². The van der Waals surface area contributed by atoms with Crippen molar-refractivity contribution in [3.8, 4) is 5.75 Å². The molecule has 1 rings (SSSR count). The fourth-order valence-corrected chi connectivity index (χ4v) is 1.12. The first-order chi connectivity index (χ1) is 6.15. The normalized spacial score (nSPS) is 12.5. The molecule has 13 heavy (non-hydrogen) atoms. The molecular weight excluding hydrogens is 169 g/mol. The van der Waals surface area contributed by atoms with E-state index in [1.807, 2.05) is 0 Å². The number of aromatic hydroxyl groups is 1. The third-order valence-corrected chi connectivity index (χ3v) is 1.80. The van der Waals surface area contributed by atoms with Crippen LogP contribution in [0.15, 0.2) is 30.9 Å². The van der Waals surface area contributed by atoms with Crippen molar-refractivity contribution >= 4 is 0 Å². The molecule has 0 aliphatic heterocycles. The van der Waals surface area contributed by atoms with Gasteiger partial charge in [0.25, 0.3) is 0 Å². The molecule has 2 nitrogen and oxygen atoms in total. The van der Waals surface area contributed by atoms with Crippen molar-refractivity contribution in [3.63, 3.8) is 0 Å². The van der Waals surface area contributed by atoms with E-state index >= 15 is 0 Å². The summed E-state index contributed by atoms with van der Waals surface area (Å²) in [6.07, 6.45) is 2.15. The third kappa shape index (κ3) is 2.29. The fraction of sp³-hybridized carbons (Fsp3) is 0.200. The molecule has 0 radical (unpaired) electrons. The van der Waals surface area contributed by atoms with Crippen LogP contribution in [0, 0.1) is 5.82 Å². The van der Waals surface area contributed by atoms with Gasteiger partial charge in [-0.25, -0.2) is 4.39 Å². The Bertz CT molecular complexity index is 312. The molecule has 1 aromatic rings. The van der Waals surface area contributed by atoms with Crippen molar-refractivity contribution in [2.75, 3.05) is 0 Å². The second-order valence-corrected chi connectivity index (χ2v) is 2.84. The SMILES string of the molecule is C=CC[C@H](N)c1ccc(O)cc1F. The Morgan fingerprint density at radius 3 is 2.85 bits per heavy atom. The molecule has 0 unspecified atom stereocenters. The predicted octanol–water partition coefficient (Wildman–Crippen LogP) is 2.11. The lowest BCUT2D eigenvalue weighted by molar-refractivity contribution is 0.466. The van der Waals surface area contributed by atoms with Gasteiger partial charge in [-0.3, -0.25) is 0 Å². The number of benzene rings is 1. The first-order valence-corrected chi connectivity index (χ1v) is 4.00. The smallest absolute Gasteiger partial charge is 0.131 e. The molecule has 0 heterocycles. The van der Waals surface area contributed by atoms with Crippen LogP contribution in [0.2, 0.25) is 0 Å². The predicted molar refractivity (Wildman–Crippen MR) is 49.8 cm³/mol. The molecule has 0 aromatic heterocycles. The zero-order chi connectivity index (χ0) is 9.84. The van der Waals surface area contributed by atoms with Crippen LogP contribution in [0.1, 0.15) is 18.0 Å². The highest BCUT2D eigenvalue weighted by Crippen LogP contribution is 2.21. The zero-order valence-corrected chi connectivity index (χ0v) is 7.20. The highest BCUT2D eigenvalue weighted by Gasteiger charge is 2.09. The summed E-state index contributed by atoms with van der Waals surface area (Å²) in [6, 6.07) is 3.57. The summed E-state index contributed by atoms with van der Waals surface area (Å²) in [5, 5.41) is 8.95. The molecule has 3 N–H and O–H groups in total. The lowest BCUT2D eigenvalue weighted by Gasteiger charge is -2.10. The van der Waals surface area contributed by atoms with E-state index in [4.69, 9.17) is 10.8 Å². The van der Waals surface area contributed by atoms with Gasteiger partial charge in [-0.15, -0.1) is 6.58 Å². The Hall–Kier alpha value is -1.35. The molecule has 3 heteroatoms. The monoisotopic (exact) mass is 181 g/mol. The third-order valence-electron chi connectivity index (χ3n) is 1.80. The molecule has 0 aliphatic carbocycles. The number of phenols is 1. The summed E-state index contributed by atoms with van der Waals surface area (Å²) >= 11 is 0. The van der Waals surface area contributed by atoms with E-state index in [1.54, 1.807) is 6.08 Å². The molecule has 0 saturated carbocycles. The van der Waals surface area contributed by atoms with Crippen molar-refractivity contribution in [1.82, 2.24) is 0 Å². The van der Waals surface area contributed by atoms with E-state index in [-0.39, 0.29) is 5.75 Å². The van der Waals surface area contributed by atoms with Gasteiger partial charge in [0.1, 0.15) is 11.6 Å². The highest BCUT2D eigenvalue weighted by molar-refractivity contribution is 5.29. The summed E-state index contributed by atoms with van der Waals surface area (Å²) in [5.74, 6) is -0.568. The molecule has 0 spiro atoms. The van der Waals surface area contributed by atoms with E-state index in [0.717, 1.165) is 6.07 Å². The van der Waals surface area contributed by atoms with Gasteiger partial charge in [0.2, 0.25) is 0 Å². The summed E-state index contributed by atoms with van der Waals surface area (Å²) in [4.78, 5) is 0. The molecule has 0 saturated heterocycles. The van der Waals surface area contributed by atoms with Crippen molar-refractivity contribution < 1.29 is 9.50 Å². The molecule has 0 bridgehead atoms. The van der Waals surface area contributed by atoms with E-state index in [0.29, 0.717) is 12.0 Å². The van der Waals surface area contributed by atoms with Crippen LogP contribution in [-0.4, -0.2) is 5.11 Å². The van der Waals surface area contributed by atoms with Crippen LogP contribution in [0.5, 0.6) is 5.75 Å². The first kappa shape index (κ1) is 9.74. The molecule has 0 aliphatic rings.